The Morgan fingerprint density at radius 1 is 1.37 bits per heavy atom. The van der Waals surface area contributed by atoms with Crippen LogP contribution in [0.3, 0.4) is 0 Å². The summed E-state index contributed by atoms with van der Waals surface area (Å²) in [7, 11) is 0. The molecule has 2 heterocycles. The third-order valence-corrected chi connectivity index (χ3v) is 4.43. The van der Waals surface area contributed by atoms with Gasteiger partial charge in [-0.15, -0.1) is 11.3 Å². The van der Waals surface area contributed by atoms with Gasteiger partial charge in [0.2, 0.25) is 0 Å². The van der Waals surface area contributed by atoms with Gasteiger partial charge < -0.3 is 4.90 Å². The number of thiophene rings is 1. The SMILES string of the molecule is Cc1ccc(C(=O)CN2C(=O)CN(C3CC3)C2=O)s1. The van der Waals surface area contributed by atoms with E-state index >= 15 is 0 Å². The molecule has 0 spiro atoms. The monoisotopic (exact) mass is 278 g/mol. The topological polar surface area (TPSA) is 57.7 Å². The maximum Gasteiger partial charge on any atom is 0.327 e. The largest absolute Gasteiger partial charge is 0.327 e. The molecule has 3 rings (SSSR count). The summed E-state index contributed by atoms with van der Waals surface area (Å²) in [5.74, 6) is -0.434. The molecule has 0 aromatic carbocycles. The summed E-state index contributed by atoms with van der Waals surface area (Å²) in [4.78, 5) is 40.2. The van der Waals surface area contributed by atoms with Crippen LogP contribution in [0.15, 0.2) is 12.1 Å². The highest BCUT2D eigenvalue weighted by Gasteiger charge is 2.44. The van der Waals surface area contributed by atoms with Gasteiger partial charge in [0, 0.05) is 10.9 Å². The standard InChI is InChI=1S/C13H14N2O3S/c1-8-2-5-11(19-8)10(16)6-15-12(17)7-14(13(15)18)9-3-4-9/h2,5,9H,3-4,6-7H2,1H3. The van der Waals surface area contributed by atoms with E-state index in [1.54, 1.807) is 11.0 Å². The number of carbonyl (C=O) groups is 3. The molecular formula is C13H14N2O3S. The van der Waals surface area contributed by atoms with E-state index in [9.17, 15) is 14.4 Å². The highest BCUT2D eigenvalue weighted by atomic mass is 32.1. The van der Waals surface area contributed by atoms with E-state index in [1.165, 1.54) is 11.3 Å². The molecule has 1 aromatic rings. The predicted octanol–water partition coefficient (Wildman–Crippen LogP) is 1.67. The highest BCUT2D eigenvalue weighted by Crippen LogP contribution is 2.30. The van der Waals surface area contributed by atoms with E-state index in [0.29, 0.717) is 4.88 Å². The van der Waals surface area contributed by atoms with Gasteiger partial charge in [-0.25, -0.2) is 4.79 Å². The van der Waals surface area contributed by atoms with Crippen molar-refractivity contribution in [2.75, 3.05) is 13.1 Å². The van der Waals surface area contributed by atoms with E-state index in [0.717, 1.165) is 22.6 Å². The van der Waals surface area contributed by atoms with Crippen molar-refractivity contribution >= 4 is 29.1 Å². The first-order valence-corrected chi connectivity index (χ1v) is 7.08. The van der Waals surface area contributed by atoms with Crippen molar-refractivity contribution in [3.8, 4) is 0 Å². The van der Waals surface area contributed by atoms with Crippen molar-refractivity contribution in [2.24, 2.45) is 0 Å². The van der Waals surface area contributed by atoms with Crippen LogP contribution >= 0.6 is 11.3 Å². The van der Waals surface area contributed by atoms with Gasteiger partial charge in [-0.05, 0) is 31.9 Å². The Labute approximate surface area is 114 Å². The van der Waals surface area contributed by atoms with Gasteiger partial charge in [0.05, 0.1) is 11.4 Å². The van der Waals surface area contributed by atoms with Crippen molar-refractivity contribution in [1.29, 1.82) is 0 Å². The molecule has 0 radical (unpaired) electrons. The number of imide groups is 1. The number of aryl methyl sites for hydroxylation is 1. The maximum absolute atomic E-state index is 12.1. The van der Waals surface area contributed by atoms with E-state index in [-0.39, 0.29) is 36.9 Å². The summed E-state index contributed by atoms with van der Waals surface area (Å²) in [6.07, 6.45) is 1.93. The van der Waals surface area contributed by atoms with Gasteiger partial charge in [0.1, 0.15) is 6.54 Å². The Morgan fingerprint density at radius 3 is 2.68 bits per heavy atom. The molecule has 1 saturated heterocycles. The zero-order valence-electron chi connectivity index (χ0n) is 10.6. The molecule has 0 bridgehead atoms. The Morgan fingerprint density at radius 2 is 2.11 bits per heavy atom. The first kappa shape index (κ1) is 12.3. The van der Waals surface area contributed by atoms with Crippen LogP contribution < -0.4 is 0 Å². The van der Waals surface area contributed by atoms with Crippen molar-refractivity contribution in [3.05, 3.63) is 21.9 Å². The molecule has 1 saturated carbocycles. The van der Waals surface area contributed by atoms with E-state index in [4.69, 9.17) is 0 Å². The second kappa shape index (κ2) is 4.45. The smallest absolute Gasteiger partial charge is 0.312 e. The van der Waals surface area contributed by atoms with E-state index in [1.807, 2.05) is 13.0 Å². The number of hydrogen-bond acceptors (Lipinski definition) is 4. The molecule has 0 N–H and O–H groups in total. The van der Waals surface area contributed by atoms with E-state index in [2.05, 4.69) is 0 Å². The van der Waals surface area contributed by atoms with E-state index < -0.39 is 0 Å². The van der Waals surface area contributed by atoms with Crippen LogP contribution in [0, 0.1) is 6.92 Å². The molecule has 100 valence electrons. The number of hydrogen-bond donors (Lipinski definition) is 0. The molecule has 1 aliphatic heterocycles. The number of ketones is 1. The lowest BCUT2D eigenvalue weighted by Crippen LogP contribution is -2.37. The zero-order chi connectivity index (χ0) is 13.6. The van der Waals surface area contributed by atoms with Crippen molar-refractivity contribution in [3.63, 3.8) is 0 Å². The fraction of sp³-hybridized carbons (Fsp3) is 0.462. The Balaban J connectivity index is 1.70. The number of nitrogens with zero attached hydrogens (tertiary/aromatic N) is 2. The van der Waals surface area contributed by atoms with Gasteiger partial charge in [-0.1, -0.05) is 0 Å². The van der Waals surface area contributed by atoms with Crippen LogP contribution in [0.5, 0.6) is 0 Å². The number of urea groups is 1. The van der Waals surface area contributed by atoms with Crippen molar-refractivity contribution in [1.82, 2.24) is 9.80 Å². The summed E-state index contributed by atoms with van der Waals surface area (Å²) in [5.41, 5.74) is 0. The van der Waals surface area contributed by atoms with Crippen LogP contribution in [0.1, 0.15) is 27.4 Å². The van der Waals surface area contributed by atoms with Crippen LogP contribution in [-0.4, -0.2) is 46.7 Å². The summed E-state index contributed by atoms with van der Waals surface area (Å²) >= 11 is 1.39. The summed E-state index contributed by atoms with van der Waals surface area (Å²) < 4.78 is 0. The molecule has 2 fully saturated rings. The molecule has 0 atom stereocenters. The first-order chi connectivity index (χ1) is 9.06. The number of amides is 3. The van der Waals surface area contributed by atoms with Crippen molar-refractivity contribution < 1.29 is 14.4 Å². The summed E-state index contributed by atoms with van der Waals surface area (Å²) in [6.45, 7) is 1.91. The third-order valence-electron chi connectivity index (χ3n) is 3.39. The summed E-state index contributed by atoms with van der Waals surface area (Å²) in [6, 6.07) is 3.50. The lowest BCUT2D eigenvalue weighted by molar-refractivity contribution is -0.125. The maximum atomic E-state index is 12.1. The molecule has 2 aliphatic rings. The Hall–Kier alpha value is -1.69. The molecule has 6 heteroatoms. The minimum Gasteiger partial charge on any atom is -0.312 e. The lowest BCUT2D eigenvalue weighted by Gasteiger charge is -2.15. The predicted molar refractivity (Wildman–Crippen MR) is 70.2 cm³/mol. The minimum atomic E-state index is -0.311. The third kappa shape index (κ3) is 2.28. The normalized spacial score (nSPS) is 19.4. The highest BCUT2D eigenvalue weighted by molar-refractivity contribution is 7.14. The Kier molecular flexibility index (Phi) is 2.89. The average Bonchev–Trinajstić information content (AvgIpc) is 3.07. The van der Waals surface area contributed by atoms with Gasteiger partial charge in [-0.3, -0.25) is 14.5 Å². The molecular weight excluding hydrogens is 264 g/mol. The quantitative estimate of drug-likeness (QED) is 0.622. The fourth-order valence-corrected chi connectivity index (χ4v) is 2.99. The van der Waals surface area contributed by atoms with Crippen LogP contribution in [0.2, 0.25) is 0 Å². The molecule has 19 heavy (non-hydrogen) atoms. The number of Topliss-reactive ketones (excluding diaryl/α,β-unsaturated/α-hetero) is 1. The van der Waals surface area contributed by atoms with Crippen LogP contribution in [0.4, 0.5) is 4.79 Å². The number of carbonyl (C=O) groups excluding carboxylic acids is 3. The van der Waals surface area contributed by atoms with Gasteiger partial charge in [-0.2, -0.15) is 0 Å². The molecule has 1 aliphatic carbocycles. The minimum absolute atomic E-state index is 0.125. The fourth-order valence-electron chi connectivity index (χ4n) is 2.19. The van der Waals surface area contributed by atoms with Crippen LogP contribution in [0.25, 0.3) is 0 Å². The van der Waals surface area contributed by atoms with Gasteiger partial charge in [0.25, 0.3) is 5.91 Å². The molecule has 3 amide bonds. The lowest BCUT2D eigenvalue weighted by atomic mass is 10.3. The first-order valence-electron chi connectivity index (χ1n) is 6.27. The van der Waals surface area contributed by atoms with Gasteiger partial charge >= 0.3 is 6.03 Å². The second-order valence-corrected chi connectivity index (χ2v) is 6.24. The van der Waals surface area contributed by atoms with Crippen molar-refractivity contribution in [2.45, 2.75) is 25.8 Å². The summed E-state index contributed by atoms with van der Waals surface area (Å²) in [5, 5.41) is 0. The second-order valence-electron chi connectivity index (χ2n) is 4.96. The molecule has 5 nitrogen and oxygen atoms in total. The average molecular weight is 278 g/mol. The van der Waals surface area contributed by atoms with Gasteiger partial charge in [0.15, 0.2) is 5.78 Å². The zero-order valence-corrected chi connectivity index (χ0v) is 11.4. The molecule has 1 aromatic heterocycles. The Bertz CT molecular complexity index is 562. The van der Waals surface area contributed by atoms with Crippen LogP contribution in [-0.2, 0) is 4.79 Å². The number of rotatable bonds is 4. The molecule has 0 unspecified atom stereocenters.